The van der Waals surface area contributed by atoms with Crippen molar-refractivity contribution >= 4 is 11.6 Å². The number of amides is 1. The molecule has 1 aromatic carbocycles. The number of carbonyl (C=O) groups is 1. The fourth-order valence-corrected chi connectivity index (χ4v) is 1.54. The summed E-state index contributed by atoms with van der Waals surface area (Å²) in [6.07, 6.45) is 2.88. The van der Waals surface area contributed by atoms with Gasteiger partial charge in [0.05, 0.1) is 4.92 Å². The Kier molecular flexibility index (Phi) is 3.90. The first kappa shape index (κ1) is 13.5. The monoisotopic (exact) mass is 273 g/mol. The standard InChI is InChI=1S/C13H11N3O4/c1-14-13(17)11-8-15-7-6-12(11)20-10-4-2-9(3-5-10)16(18)19/h2-8H,1H3,(H,14,17). The van der Waals surface area contributed by atoms with Crippen molar-refractivity contribution in [3.8, 4) is 11.5 Å². The van der Waals surface area contributed by atoms with E-state index in [1.54, 1.807) is 6.07 Å². The Hall–Kier alpha value is -2.96. The second kappa shape index (κ2) is 5.79. The van der Waals surface area contributed by atoms with Crippen molar-refractivity contribution in [1.82, 2.24) is 10.3 Å². The van der Waals surface area contributed by atoms with Gasteiger partial charge in [-0.2, -0.15) is 0 Å². The molecule has 0 aliphatic carbocycles. The molecule has 0 bridgehead atoms. The first-order valence-electron chi connectivity index (χ1n) is 5.70. The van der Waals surface area contributed by atoms with E-state index in [1.807, 2.05) is 0 Å². The molecule has 2 rings (SSSR count). The number of carbonyl (C=O) groups excluding carboxylic acids is 1. The first-order chi connectivity index (χ1) is 9.61. The van der Waals surface area contributed by atoms with Gasteiger partial charge in [-0.05, 0) is 18.2 Å². The summed E-state index contributed by atoms with van der Waals surface area (Å²) >= 11 is 0. The molecular formula is C13H11N3O4. The molecule has 0 unspecified atom stereocenters. The van der Waals surface area contributed by atoms with Crippen LogP contribution in [0.3, 0.4) is 0 Å². The maximum atomic E-state index is 11.6. The van der Waals surface area contributed by atoms with Gasteiger partial charge in [0.2, 0.25) is 0 Å². The molecule has 0 radical (unpaired) electrons. The Labute approximate surface area is 114 Å². The number of aromatic nitrogens is 1. The second-order valence-corrected chi connectivity index (χ2v) is 3.80. The van der Waals surface area contributed by atoms with E-state index in [0.29, 0.717) is 11.5 Å². The van der Waals surface area contributed by atoms with Crippen molar-refractivity contribution in [1.29, 1.82) is 0 Å². The van der Waals surface area contributed by atoms with Crippen LogP contribution in [0, 0.1) is 10.1 Å². The Morgan fingerprint density at radius 2 is 2.00 bits per heavy atom. The van der Waals surface area contributed by atoms with Gasteiger partial charge in [0, 0.05) is 31.6 Å². The van der Waals surface area contributed by atoms with E-state index in [0.717, 1.165) is 0 Å². The molecule has 2 aromatic rings. The lowest BCUT2D eigenvalue weighted by molar-refractivity contribution is -0.384. The lowest BCUT2D eigenvalue weighted by Crippen LogP contribution is -2.18. The van der Waals surface area contributed by atoms with Crippen LogP contribution in [-0.4, -0.2) is 22.9 Å². The second-order valence-electron chi connectivity index (χ2n) is 3.80. The van der Waals surface area contributed by atoms with E-state index in [9.17, 15) is 14.9 Å². The fraction of sp³-hybridized carbons (Fsp3) is 0.0769. The number of nitrogens with zero attached hydrogens (tertiary/aromatic N) is 2. The number of nitro benzene ring substituents is 1. The van der Waals surface area contributed by atoms with Crippen molar-refractivity contribution < 1.29 is 14.5 Å². The molecule has 0 aliphatic heterocycles. The third-order valence-corrected chi connectivity index (χ3v) is 2.53. The molecule has 1 amide bonds. The predicted molar refractivity (Wildman–Crippen MR) is 70.8 cm³/mol. The maximum Gasteiger partial charge on any atom is 0.269 e. The Morgan fingerprint density at radius 3 is 2.60 bits per heavy atom. The summed E-state index contributed by atoms with van der Waals surface area (Å²) in [7, 11) is 1.50. The third kappa shape index (κ3) is 2.89. The zero-order valence-electron chi connectivity index (χ0n) is 10.6. The Morgan fingerprint density at radius 1 is 1.30 bits per heavy atom. The van der Waals surface area contributed by atoms with Crippen molar-refractivity contribution in [2.75, 3.05) is 7.05 Å². The van der Waals surface area contributed by atoms with Crippen LogP contribution < -0.4 is 10.1 Å². The molecule has 0 saturated carbocycles. The molecule has 0 aliphatic rings. The zero-order chi connectivity index (χ0) is 14.5. The van der Waals surface area contributed by atoms with Crippen LogP contribution in [0.5, 0.6) is 11.5 Å². The first-order valence-corrected chi connectivity index (χ1v) is 5.70. The number of nitro groups is 1. The van der Waals surface area contributed by atoms with Crippen LogP contribution in [0.4, 0.5) is 5.69 Å². The van der Waals surface area contributed by atoms with Gasteiger partial charge in [-0.15, -0.1) is 0 Å². The van der Waals surface area contributed by atoms with Crippen LogP contribution in [0.2, 0.25) is 0 Å². The Bertz CT molecular complexity index is 640. The van der Waals surface area contributed by atoms with Crippen LogP contribution in [0.15, 0.2) is 42.7 Å². The summed E-state index contributed by atoms with van der Waals surface area (Å²) < 4.78 is 5.54. The molecule has 0 saturated heterocycles. The molecule has 0 fully saturated rings. The number of non-ortho nitro benzene ring substituents is 1. The lowest BCUT2D eigenvalue weighted by Gasteiger charge is -2.09. The van der Waals surface area contributed by atoms with Crippen LogP contribution in [0.1, 0.15) is 10.4 Å². The average Bonchev–Trinajstić information content (AvgIpc) is 2.47. The molecule has 0 atom stereocenters. The highest BCUT2D eigenvalue weighted by molar-refractivity contribution is 5.96. The molecule has 20 heavy (non-hydrogen) atoms. The SMILES string of the molecule is CNC(=O)c1cnccc1Oc1ccc([N+](=O)[O-])cc1. The fourth-order valence-electron chi connectivity index (χ4n) is 1.54. The maximum absolute atomic E-state index is 11.6. The van der Waals surface area contributed by atoms with Gasteiger partial charge < -0.3 is 10.1 Å². The van der Waals surface area contributed by atoms with Gasteiger partial charge >= 0.3 is 0 Å². The van der Waals surface area contributed by atoms with E-state index in [2.05, 4.69) is 10.3 Å². The van der Waals surface area contributed by atoms with Crippen LogP contribution in [-0.2, 0) is 0 Å². The van der Waals surface area contributed by atoms with Gasteiger partial charge in [0.1, 0.15) is 17.1 Å². The topological polar surface area (TPSA) is 94.4 Å². The molecule has 1 aromatic heterocycles. The third-order valence-electron chi connectivity index (χ3n) is 2.53. The summed E-state index contributed by atoms with van der Waals surface area (Å²) in [6, 6.07) is 7.14. The molecular weight excluding hydrogens is 262 g/mol. The van der Waals surface area contributed by atoms with Crippen molar-refractivity contribution in [3.63, 3.8) is 0 Å². The average molecular weight is 273 g/mol. The number of hydrogen-bond donors (Lipinski definition) is 1. The van der Waals surface area contributed by atoms with E-state index in [-0.39, 0.29) is 17.2 Å². The summed E-state index contributed by atoms with van der Waals surface area (Å²) in [4.78, 5) is 25.6. The number of pyridine rings is 1. The van der Waals surface area contributed by atoms with Crippen molar-refractivity contribution in [2.24, 2.45) is 0 Å². The highest BCUT2D eigenvalue weighted by Crippen LogP contribution is 2.26. The van der Waals surface area contributed by atoms with Crippen molar-refractivity contribution in [2.45, 2.75) is 0 Å². The minimum atomic E-state index is -0.494. The molecule has 0 spiro atoms. The molecule has 1 heterocycles. The number of rotatable bonds is 4. The number of benzene rings is 1. The summed E-state index contributed by atoms with van der Waals surface area (Å²) in [5.74, 6) is 0.398. The van der Waals surface area contributed by atoms with Crippen molar-refractivity contribution in [3.05, 3.63) is 58.4 Å². The summed E-state index contributed by atoms with van der Waals surface area (Å²) in [5.41, 5.74) is 0.256. The predicted octanol–water partition coefficient (Wildman–Crippen LogP) is 2.14. The highest BCUT2D eigenvalue weighted by atomic mass is 16.6. The van der Waals surface area contributed by atoms with Gasteiger partial charge in [-0.1, -0.05) is 0 Å². The molecule has 1 N–H and O–H groups in total. The van der Waals surface area contributed by atoms with E-state index >= 15 is 0 Å². The highest BCUT2D eigenvalue weighted by Gasteiger charge is 2.12. The zero-order valence-corrected chi connectivity index (χ0v) is 10.6. The molecule has 7 nitrogen and oxygen atoms in total. The van der Waals surface area contributed by atoms with E-state index in [4.69, 9.17) is 4.74 Å². The summed E-state index contributed by atoms with van der Waals surface area (Å²) in [5, 5.41) is 13.0. The molecule has 7 heteroatoms. The van der Waals surface area contributed by atoms with Crippen LogP contribution in [0.25, 0.3) is 0 Å². The minimum Gasteiger partial charge on any atom is -0.456 e. The Balaban J connectivity index is 2.26. The van der Waals surface area contributed by atoms with E-state index < -0.39 is 4.92 Å². The normalized spacial score (nSPS) is 9.85. The quantitative estimate of drug-likeness (QED) is 0.680. The van der Waals surface area contributed by atoms with Gasteiger partial charge in [0.15, 0.2) is 0 Å². The number of nitrogens with one attached hydrogen (secondary N) is 1. The minimum absolute atomic E-state index is 0.0291. The largest absolute Gasteiger partial charge is 0.456 e. The summed E-state index contributed by atoms with van der Waals surface area (Å²) in [6.45, 7) is 0. The molecule has 102 valence electrons. The van der Waals surface area contributed by atoms with Gasteiger partial charge in [-0.3, -0.25) is 19.9 Å². The lowest BCUT2D eigenvalue weighted by atomic mass is 10.2. The van der Waals surface area contributed by atoms with Gasteiger partial charge in [-0.25, -0.2) is 0 Å². The van der Waals surface area contributed by atoms with Gasteiger partial charge in [0.25, 0.3) is 11.6 Å². The number of ether oxygens (including phenoxy) is 1. The number of hydrogen-bond acceptors (Lipinski definition) is 5. The van der Waals surface area contributed by atoms with Crippen LogP contribution >= 0.6 is 0 Å². The van der Waals surface area contributed by atoms with E-state index in [1.165, 1.54) is 43.7 Å². The smallest absolute Gasteiger partial charge is 0.269 e.